The molecular weight excluding hydrogens is 380 g/mol. The number of fused-ring (bicyclic) bond motifs is 2. The molecule has 5 rings (SSSR count). The standard InChI is InChI=1S/C23H24N4OS/c1-15-10-11-17(22-26-25-21-9-3-2-6-12-27(21)22)13-18(15)24-23(28)20-14-16-7-4-5-8-19(16)29-20/h4-5,7-8,10-11,13,20H,2-3,6,9,12,14H2,1H3,(H,24,28). The van der Waals surface area contributed by atoms with Crippen molar-refractivity contribution in [2.24, 2.45) is 0 Å². The van der Waals surface area contributed by atoms with Gasteiger partial charge in [0.05, 0.1) is 5.25 Å². The van der Waals surface area contributed by atoms with Crippen LogP contribution in [0.25, 0.3) is 11.4 Å². The molecule has 1 aromatic heterocycles. The van der Waals surface area contributed by atoms with E-state index in [9.17, 15) is 4.79 Å². The van der Waals surface area contributed by atoms with Gasteiger partial charge in [0.15, 0.2) is 5.82 Å². The number of benzene rings is 2. The Morgan fingerprint density at radius 2 is 2.03 bits per heavy atom. The van der Waals surface area contributed by atoms with Gasteiger partial charge in [-0.05, 0) is 49.4 Å². The van der Waals surface area contributed by atoms with E-state index in [1.807, 2.05) is 25.1 Å². The van der Waals surface area contributed by atoms with E-state index >= 15 is 0 Å². The molecule has 0 bridgehead atoms. The highest BCUT2D eigenvalue weighted by molar-refractivity contribution is 8.01. The van der Waals surface area contributed by atoms with Crippen LogP contribution in [0.4, 0.5) is 5.69 Å². The van der Waals surface area contributed by atoms with Crippen LogP contribution in [0.1, 0.15) is 36.2 Å². The summed E-state index contributed by atoms with van der Waals surface area (Å²) in [5.74, 6) is 2.04. The molecule has 1 unspecified atom stereocenters. The van der Waals surface area contributed by atoms with Crippen LogP contribution >= 0.6 is 11.8 Å². The molecule has 0 saturated heterocycles. The van der Waals surface area contributed by atoms with Crippen molar-refractivity contribution in [2.75, 3.05) is 5.32 Å². The molecule has 2 aliphatic rings. The highest BCUT2D eigenvalue weighted by Crippen LogP contribution is 2.37. The maximum Gasteiger partial charge on any atom is 0.238 e. The minimum atomic E-state index is -0.0835. The van der Waals surface area contributed by atoms with Crippen molar-refractivity contribution in [2.45, 2.75) is 55.7 Å². The Balaban J connectivity index is 1.38. The van der Waals surface area contributed by atoms with Gasteiger partial charge in [0.1, 0.15) is 5.82 Å². The summed E-state index contributed by atoms with van der Waals surface area (Å²) in [6.45, 7) is 2.99. The van der Waals surface area contributed by atoms with Gasteiger partial charge in [-0.15, -0.1) is 22.0 Å². The Morgan fingerprint density at radius 3 is 2.93 bits per heavy atom. The lowest BCUT2D eigenvalue weighted by atomic mass is 10.1. The molecule has 148 valence electrons. The second kappa shape index (κ2) is 7.67. The number of nitrogens with zero attached hydrogens (tertiary/aromatic N) is 3. The monoisotopic (exact) mass is 404 g/mol. The number of nitrogens with one attached hydrogen (secondary N) is 1. The van der Waals surface area contributed by atoms with Gasteiger partial charge in [0, 0.05) is 29.1 Å². The Morgan fingerprint density at radius 1 is 1.14 bits per heavy atom. The molecule has 2 aromatic carbocycles. The summed E-state index contributed by atoms with van der Waals surface area (Å²) in [5, 5.41) is 12.0. The summed E-state index contributed by atoms with van der Waals surface area (Å²) in [6.07, 6.45) is 5.34. The molecule has 1 N–H and O–H groups in total. The first-order chi connectivity index (χ1) is 14.2. The molecule has 0 spiro atoms. The zero-order valence-corrected chi connectivity index (χ0v) is 17.3. The highest BCUT2D eigenvalue weighted by atomic mass is 32.2. The summed E-state index contributed by atoms with van der Waals surface area (Å²) in [5.41, 5.74) is 4.18. The quantitative estimate of drug-likeness (QED) is 0.691. The van der Waals surface area contributed by atoms with E-state index in [4.69, 9.17) is 0 Å². The van der Waals surface area contributed by atoms with Crippen molar-refractivity contribution in [3.8, 4) is 11.4 Å². The van der Waals surface area contributed by atoms with Gasteiger partial charge in [-0.25, -0.2) is 0 Å². The minimum absolute atomic E-state index is 0.0616. The number of rotatable bonds is 3. The van der Waals surface area contributed by atoms with Crippen molar-refractivity contribution in [3.63, 3.8) is 0 Å². The molecule has 0 saturated carbocycles. The molecule has 29 heavy (non-hydrogen) atoms. The van der Waals surface area contributed by atoms with Crippen molar-refractivity contribution in [1.82, 2.24) is 14.8 Å². The van der Waals surface area contributed by atoms with Crippen LogP contribution in [0, 0.1) is 6.92 Å². The summed E-state index contributed by atoms with van der Waals surface area (Å²) in [6, 6.07) is 14.4. The SMILES string of the molecule is Cc1ccc(-c2nnc3n2CCCCC3)cc1NC(=O)C1Cc2ccccc2S1. The second-order valence-electron chi connectivity index (χ2n) is 7.84. The summed E-state index contributed by atoms with van der Waals surface area (Å²) < 4.78 is 2.24. The Hall–Kier alpha value is -2.60. The number of amides is 1. The predicted molar refractivity (Wildman–Crippen MR) is 116 cm³/mol. The topological polar surface area (TPSA) is 59.8 Å². The molecular formula is C23H24N4OS. The van der Waals surface area contributed by atoms with Crippen LogP contribution < -0.4 is 5.32 Å². The fraction of sp³-hybridized carbons (Fsp3) is 0.348. The van der Waals surface area contributed by atoms with Crippen molar-refractivity contribution in [3.05, 3.63) is 59.4 Å². The van der Waals surface area contributed by atoms with E-state index in [0.717, 1.165) is 54.3 Å². The van der Waals surface area contributed by atoms with E-state index in [0.29, 0.717) is 0 Å². The van der Waals surface area contributed by atoms with Gasteiger partial charge in [-0.3, -0.25) is 4.79 Å². The lowest BCUT2D eigenvalue weighted by Crippen LogP contribution is -2.25. The van der Waals surface area contributed by atoms with Crippen LogP contribution in [0.2, 0.25) is 0 Å². The van der Waals surface area contributed by atoms with Gasteiger partial charge >= 0.3 is 0 Å². The van der Waals surface area contributed by atoms with Crippen LogP contribution in [0.5, 0.6) is 0 Å². The van der Waals surface area contributed by atoms with Gasteiger partial charge in [0.2, 0.25) is 5.91 Å². The molecule has 0 radical (unpaired) electrons. The van der Waals surface area contributed by atoms with Gasteiger partial charge in [-0.2, -0.15) is 0 Å². The maximum absolute atomic E-state index is 12.9. The Kier molecular flexibility index (Phi) is 4.87. The third kappa shape index (κ3) is 3.57. The van der Waals surface area contributed by atoms with E-state index < -0.39 is 0 Å². The van der Waals surface area contributed by atoms with Gasteiger partial charge in [0.25, 0.3) is 0 Å². The number of thioether (sulfide) groups is 1. The number of aryl methyl sites for hydroxylation is 2. The summed E-state index contributed by atoms with van der Waals surface area (Å²) in [4.78, 5) is 14.2. The normalized spacial score (nSPS) is 18.0. The van der Waals surface area contributed by atoms with Crippen LogP contribution in [-0.4, -0.2) is 25.9 Å². The highest BCUT2D eigenvalue weighted by Gasteiger charge is 2.28. The number of anilines is 1. The molecule has 1 atom stereocenters. The zero-order valence-electron chi connectivity index (χ0n) is 16.5. The van der Waals surface area contributed by atoms with Gasteiger partial charge < -0.3 is 9.88 Å². The second-order valence-corrected chi connectivity index (χ2v) is 9.08. The lowest BCUT2D eigenvalue weighted by molar-refractivity contribution is -0.115. The number of hydrogen-bond acceptors (Lipinski definition) is 4. The first-order valence-electron chi connectivity index (χ1n) is 10.3. The van der Waals surface area contributed by atoms with Crippen molar-refractivity contribution < 1.29 is 4.79 Å². The molecule has 3 heterocycles. The van der Waals surface area contributed by atoms with Gasteiger partial charge in [-0.1, -0.05) is 36.8 Å². The number of hydrogen-bond donors (Lipinski definition) is 1. The number of carbonyl (C=O) groups is 1. The largest absolute Gasteiger partial charge is 0.325 e. The third-order valence-corrected chi connectivity index (χ3v) is 7.12. The Labute approximate surface area is 174 Å². The molecule has 6 heteroatoms. The number of carbonyl (C=O) groups excluding carboxylic acids is 1. The molecule has 0 aliphatic carbocycles. The van der Waals surface area contributed by atoms with Crippen molar-refractivity contribution in [1.29, 1.82) is 0 Å². The minimum Gasteiger partial charge on any atom is -0.325 e. The molecule has 1 amide bonds. The predicted octanol–water partition coefficient (Wildman–Crippen LogP) is 4.64. The zero-order chi connectivity index (χ0) is 19.8. The van der Waals surface area contributed by atoms with E-state index in [1.54, 1.807) is 11.8 Å². The fourth-order valence-electron chi connectivity index (χ4n) is 4.14. The Bertz CT molecular complexity index is 1050. The average molecular weight is 405 g/mol. The lowest BCUT2D eigenvalue weighted by Gasteiger charge is -2.14. The van der Waals surface area contributed by atoms with Crippen LogP contribution in [-0.2, 0) is 24.2 Å². The van der Waals surface area contributed by atoms with Crippen molar-refractivity contribution >= 4 is 23.4 Å². The average Bonchev–Trinajstić information content (AvgIpc) is 3.27. The van der Waals surface area contributed by atoms with Crippen LogP contribution in [0.15, 0.2) is 47.4 Å². The first-order valence-corrected chi connectivity index (χ1v) is 11.2. The molecule has 5 nitrogen and oxygen atoms in total. The number of aromatic nitrogens is 3. The van der Waals surface area contributed by atoms with E-state index in [-0.39, 0.29) is 11.2 Å². The first kappa shape index (κ1) is 18.4. The smallest absolute Gasteiger partial charge is 0.238 e. The third-order valence-electron chi connectivity index (χ3n) is 5.80. The molecule has 3 aromatic rings. The maximum atomic E-state index is 12.9. The molecule has 2 aliphatic heterocycles. The summed E-state index contributed by atoms with van der Waals surface area (Å²) >= 11 is 1.65. The molecule has 0 fully saturated rings. The van der Waals surface area contributed by atoms with E-state index in [2.05, 4.69) is 44.3 Å². The van der Waals surface area contributed by atoms with Crippen LogP contribution in [0.3, 0.4) is 0 Å². The van der Waals surface area contributed by atoms with E-state index in [1.165, 1.54) is 23.3 Å². The summed E-state index contributed by atoms with van der Waals surface area (Å²) in [7, 11) is 0. The fourth-order valence-corrected chi connectivity index (χ4v) is 5.33.